The Morgan fingerprint density at radius 3 is 2.73 bits per heavy atom. The van der Waals surface area contributed by atoms with Crippen molar-refractivity contribution >= 4 is 39.1 Å². The number of nitrogens with one attached hydrogen (secondary N) is 1. The summed E-state index contributed by atoms with van der Waals surface area (Å²) in [5.74, 6) is 1.17. The van der Waals surface area contributed by atoms with E-state index in [4.69, 9.17) is 4.52 Å². The molecule has 0 aromatic carbocycles. The number of carbonyl (C=O) groups excluding carboxylic acids is 2. The van der Waals surface area contributed by atoms with Crippen LogP contribution >= 0.6 is 27.3 Å². The summed E-state index contributed by atoms with van der Waals surface area (Å²) in [7, 11) is 1.61. The first-order valence-corrected chi connectivity index (χ1v) is 10.1. The summed E-state index contributed by atoms with van der Waals surface area (Å²) in [6.07, 6.45) is 2.17. The third kappa shape index (κ3) is 4.50. The maximum absolute atomic E-state index is 12.4. The minimum absolute atomic E-state index is 0.0405. The van der Waals surface area contributed by atoms with Crippen LogP contribution in [0.15, 0.2) is 20.4 Å². The maximum atomic E-state index is 12.4. The van der Waals surface area contributed by atoms with Gasteiger partial charge in [0.1, 0.15) is 6.04 Å². The second-order valence-corrected chi connectivity index (χ2v) is 9.28. The highest BCUT2D eigenvalue weighted by molar-refractivity contribution is 9.11. The van der Waals surface area contributed by atoms with Crippen LogP contribution in [0.25, 0.3) is 0 Å². The number of thiophene rings is 1. The van der Waals surface area contributed by atoms with Crippen molar-refractivity contribution < 1.29 is 14.1 Å². The molecule has 0 aliphatic heterocycles. The number of hydrogen-bond acceptors (Lipinski definition) is 6. The Balaban J connectivity index is 1.61. The number of aromatic nitrogens is 2. The van der Waals surface area contributed by atoms with Gasteiger partial charge in [-0.1, -0.05) is 19.0 Å². The molecule has 1 atom stereocenters. The van der Waals surface area contributed by atoms with E-state index in [-0.39, 0.29) is 30.3 Å². The smallest absolute Gasteiger partial charge is 0.264 e. The zero-order valence-electron chi connectivity index (χ0n) is 14.9. The van der Waals surface area contributed by atoms with Gasteiger partial charge in [-0.05, 0) is 46.8 Å². The molecule has 26 heavy (non-hydrogen) atoms. The fourth-order valence-electron chi connectivity index (χ4n) is 2.52. The number of rotatable bonds is 7. The van der Waals surface area contributed by atoms with Gasteiger partial charge in [-0.2, -0.15) is 4.98 Å². The van der Waals surface area contributed by atoms with E-state index < -0.39 is 0 Å². The van der Waals surface area contributed by atoms with Crippen molar-refractivity contribution in [3.05, 3.63) is 32.5 Å². The van der Waals surface area contributed by atoms with Crippen LogP contribution in [0.4, 0.5) is 0 Å². The van der Waals surface area contributed by atoms with Crippen LogP contribution in [0.3, 0.4) is 0 Å². The molecule has 0 bridgehead atoms. The van der Waals surface area contributed by atoms with Crippen LogP contribution in [-0.4, -0.2) is 40.4 Å². The van der Waals surface area contributed by atoms with E-state index in [1.807, 2.05) is 19.9 Å². The molecule has 2 aromatic heterocycles. The summed E-state index contributed by atoms with van der Waals surface area (Å²) in [4.78, 5) is 31.2. The van der Waals surface area contributed by atoms with Crippen LogP contribution in [0.1, 0.15) is 60.0 Å². The lowest BCUT2D eigenvalue weighted by Gasteiger charge is -2.21. The first-order valence-electron chi connectivity index (χ1n) is 8.48. The second kappa shape index (κ2) is 7.87. The minimum atomic E-state index is -0.373. The van der Waals surface area contributed by atoms with Crippen LogP contribution in [-0.2, 0) is 4.79 Å². The number of hydrogen-bond donors (Lipinski definition) is 1. The summed E-state index contributed by atoms with van der Waals surface area (Å²) >= 11 is 4.68. The van der Waals surface area contributed by atoms with Crippen molar-refractivity contribution in [2.24, 2.45) is 5.92 Å². The van der Waals surface area contributed by atoms with Crippen LogP contribution in [0.5, 0.6) is 0 Å². The Morgan fingerprint density at radius 1 is 1.42 bits per heavy atom. The van der Waals surface area contributed by atoms with E-state index in [1.165, 1.54) is 16.2 Å². The highest BCUT2D eigenvalue weighted by atomic mass is 79.9. The lowest BCUT2D eigenvalue weighted by Crippen LogP contribution is -2.41. The number of halogens is 1. The van der Waals surface area contributed by atoms with Crippen molar-refractivity contribution in [3.8, 4) is 0 Å². The minimum Gasteiger partial charge on any atom is -0.342 e. The Hall–Kier alpha value is -1.74. The SMILES string of the molecule is CC(C)C(NC(=O)CN(C)C(=O)c1ccc(Br)s1)c1nc(C2CC2)no1. The molecule has 9 heteroatoms. The lowest BCUT2D eigenvalue weighted by molar-refractivity contribution is -0.122. The molecule has 2 aromatic rings. The van der Waals surface area contributed by atoms with Crippen molar-refractivity contribution in [2.75, 3.05) is 13.6 Å². The van der Waals surface area contributed by atoms with E-state index >= 15 is 0 Å². The Kier molecular flexibility index (Phi) is 5.76. The van der Waals surface area contributed by atoms with Gasteiger partial charge >= 0.3 is 0 Å². The lowest BCUT2D eigenvalue weighted by atomic mass is 10.0. The molecular weight excluding hydrogens is 420 g/mol. The molecule has 7 nitrogen and oxygen atoms in total. The van der Waals surface area contributed by atoms with Gasteiger partial charge in [0.2, 0.25) is 11.8 Å². The molecule has 1 aliphatic carbocycles. The van der Waals surface area contributed by atoms with E-state index in [0.29, 0.717) is 16.7 Å². The molecule has 1 aliphatic rings. The molecule has 1 fully saturated rings. The molecule has 1 N–H and O–H groups in total. The highest BCUT2D eigenvalue weighted by Gasteiger charge is 2.31. The van der Waals surface area contributed by atoms with Gasteiger partial charge in [0, 0.05) is 13.0 Å². The molecule has 2 heterocycles. The highest BCUT2D eigenvalue weighted by Crippen LogP contribution is 2.38. The van der Waals surface area contributed by atoms with Crippen LogP contribution < -0.4 is 5.32 Å². The summed E-state index contributed by atoms with van der Waals surface area (Å²) in [6, 6.07) is 3.18. The number of amides is 2. The van der Waals surface area contributed by atoms with E-state index in [0.717, 1.165) is 22.5 Å². The Labute approximate surface area is 164 Å². The number of carbonyl (C=O) groups is 2. The molecule has 0 saturated heterocycles. The fraction of sp³-hybridized carbons (Fsp3) is 0.529. The maximum Gasteiger partial charge on any atom is 0.264 e. The average molecular weight is 441 g/mol. The van der Waals surface area contributed by atoms with E-state index in [1.54, 1.807) is 13.1 Å². The van der Waals surface area contributed by atoms with Crippen LogP contribution in [0.2, 0.25) is 0 Å². The van der Waals surface area contributed by atoms with Crippen molar-refractivity contribution in [3.63, 3.8) is 0 Å². The number of nitrogens with zero attached hydrogens (tertiary/aromatic N) is 3. The predicted octanol–water partition coefficient (Wildman–Crippen LogP) is 3.36. The second-order valence-electron chi connectivity index (χ2n) is 6.82. The first kappa shape index (κ1) is 19.0. The fourth-order valence-corrected chi connectivity index (χ4v) is 3.90. The van der Waals surface area contributed by atoms with Crippen molar-refractivity contribution in [2.45, 2.75) is 38.6 Å². The summed E-state index contributed by atoms with van der Waals surface area (Å²) in [5, 5.41) is 6.93. The molecule has 1 saturated carbocycles. The number of likely N-dealkylation sites (N-methyl/N-ethyl adjacent to an activating group) is 1. The topological polar surface area (TPSA) is 88.3 Å². The van der Waals surface area contributed by atoms with Gasteiger partial charge in [0.05, 0.1) is 15.2 Å². The Bertz CT molecular complexity index is 800. The zero-order chi connectivity index (χ0) is 18.8. The van der Waals surface area contributed by atoms with Gasteiger partial charge in [0.25, 0.3) is 5.91 Å². The van der Waals surface area contributed by atoms with Gasteiger partial charge in [0.15, 0.2) is 5.82 Å². The van der Waals surface area contributed by atoms with E-state index in [9.17, 15) is 9.59 Å². The van der Waals surface area contributed by atoms with Gasteiger partial charge < -0.3 is 14.7 Å². The van der Waals surface area contributed by atoms with E-state index in [2.05, 4.69) is 31.4 Å². The predicted molar refractivity (Wildman–Crippen MR) is 101 cm³/mol. The quantitative estimate of drug-likeness (QED) is 0.712. The summed E-state index contributed by atoms with van der Waals surface area (Å²) in [6.45, 7) is 3.91. The summed E-state index contributed by atoms with van der Waals surface area (Å²) in [5.41, 5.74) is 0. The molecule has 1 unspecified atom stereocenters. The standard InChI is InChI=1S/C17H21BrN4O3S/c1-9(2)14(16-20-15(21-25-16)10-4-5-10)19-13(23)8-22(3)17(24)11-6-7-12(18)26-11/h6-7,9-10,14H,4-5,8H2,1-3H3,(H,19,23). The van der Waals surface area contributed by atoms with Gasteiger partial charge in [-0.25, -0.2) is 0 Å². The normalized spacial score (nSPS) is 15.1. The third-order valence-corrected chi connectivity index (χ3v) is 5.77. The molecule has 140 valence electrons. The first-order chi connectivity index (χ1) is 12.3. The molecule has 0 spiro atoms. The monoisotopic (exact) mass is 440 g/mol. The van der Waals surface area contributed by atoms with Gasteiger partial charge in [-0.15, -0.1) is 11.3 Å². The molecule has 2 amide bonds. The molecular formula is C17H21BrN4O3S. The van der Waals surface area contributed by atoms with Gasteiger partial charge in [-0.3, -0.25) is 9.59 Å². The largest absolute Gasteiger partial charge is 0.342 e. The third-order valence-electron chi connectivity index (χ3n) is 4.16. The molecule has 3 rings (SSSR count). The van der Waals surface area contributed by atoms with Crippen LogP contribution in [0, 0.1) is 5.92 Å². The van der Waals surface area contributed by atoms with Crippen molar-refractivity contribution in [1.82, 2.24) is 20.4 Å². The molecule has 0 radical (unpaired) electrons. The Morgan fingerprint density at radius 2 is 2.15 bits per heavy atom. The zero-order valence-corrected chi connectivity index (χ0v) is 17.3. The van der Waals surface area contributed by atoms with Crippen molar-refractivity contribution in [1.29, 1.82) is 0 Å². The summed E-state index contributed by atoms with van der Waals surface area (Å²) < 4.78 is 6.23. The average Bonchev–Trinajstić information content (AvgIpc) is 3.16.